The topological polar surface area (TPSA) is 102 Å². The highest BCUT2D eigenvalue weighted by molar-refractivity contribution is 7.99. The molecular formula is C36H40N4O4S. The van der Waals surface area contributed by atoms with Crippen molar-refractivity contribution in [3.63, 3.8) is 0 Å². The highest BCUT2D eigenvalue weighted by Crippen LogP contribution is 2.30. The average Bonchev–Trinajstić information content (AvgIpc) is 3.09. The van der Waals surface area contributed by atoms with E-state index >= 15 is 0 Å². The van der Waals surface area contributed by atoms with Crippen LogP contribution in [0, 0.1) is 0 Å². The number of methoxy groups -OCH3 is 1. The minimum Gasteiger partial charge on any atom is -0.453 e. The number of morpholine rings is 1. The van der Waals surface area contributed by atoms with Crippen LogP contribution in [0.5, 0.6) is 0 Å². The van der Waals surface area contributed by atoms with Crippen LogP contribution >= 0.6 is 11.8 Å². The molecule has 4 aromatic rings. The second kappa shape index (κ2) is 16.2. The molecule has 2 amide bonds. The first kappa shape index (κ1) is 32.2. The van der Waals surface area contributed by atoms with Gasteiger partial charge in [-0.15, -0.1) is 11.8 Å². The number of nitrogens with one attached hydrogen (secondary N) is 3. The van der Waals surface area contributed by atoms with Crippen molar-refractivity contribution in [1.82, 2.24) is 15.6 Å². The first-order chi connectivity index (χ1) is 22.0. The van der Waals surface area contributed by atoms with Crippen LogP contribution in [0.15, 0.2) is 114 Å². The van der Waals surface area contributed by atoms with Crippen molar-refractivity contribution in [1.29, 1.82) is 0 Å². The van der Waals surface area contributed by atoms with Crippen molar-refractivity contribution >= 4 is 29.4 Å². The van der Waals surface area contributed by atoms with Gasteiger partial charge in [0.15, 0.2) is 0 Å². The number of aromatic nitrogens is 1. The number of benzene rings is 3. The van der Waals surface area contributed by atoms with E-state index in [4.69, 9.17) is 9.47 Å². The van der Waals surface area contributed by atoms with E-state index in [1.165, 1.54) is 12.0 Å². The fraction of sp³-hybridized carbons (Fsp3) is 0.306. The number of carbonyl (C=O) groups excluding carboxylic acids is 2. The van der Waals surface area contributed by atoms with Gasteiger partial charge in [0.2, 0.25) is 5.91 Å². The number of pyridine rings is 1. The number of ether oxygens (including phenoxy) is 2. The summed E-state index contributed by atoms with van der Waals surface area (Å²) < 4.78 is 11.5. The van der Waals surface area contributed by atoms with Gasteiger partial charge in [-0.1, -0.05) is 78.9 Å². The summed E-state index contributed by atoms with van der Waals surface area (Å²) in [5.41, 5.74) is 3.52. The van der Waals surface area contributed by atoms with Gasteiger partial charge in [-0.3, -0.25) is 9.78 Å². The number of anilines is 1. The first-order valence-electron chi connectivity index (χ1n) is 15.3. The number of aryl methyl sites for hydroxylation is 1. The molecule has 1 saturated heterocycles. The third-order valence-electron chi connectivity index (χ3n) is 8.06. The SMILES string of the molecule is COC(=O)NC(C(=O)Nc1ccccc1CC[C@@H]1CN[C@H](C)[C@@H](CSc2ccncc2)O1)C(c1ccccc1)c1ccccc1. The van der Waals surface area contributed by atoms with Gasteiger partial charge in [-0.05, 0) is 54.7 Å². The Morgan fingerprint density at radius 2 is 1.60 bits per heavy atom. The fourth-order valence-corrected chi connectivity index (χ4v) is 6.64. The Hall–Kier alpha value is -4.18. The van der Waals surface area contributed by atoms with Crippen LogP contribution in [0.25, 0.3) is 0 Å². The highest BCUT2D eigenvalue weighted by atomic mass is 32.2. The molecular weight excluding hydrogens is 584 g/mol. The van der Waals surface area contributed by atoms with Crippen LogP contribution in [0.2, 0.25) is 0 Å². The maximum absolute atomic E-state index is 14.1. The molecule has 1 aliphatic rings. The zero-order valence-electron chi connectivity index (χ0n) is 25.6. The molecule has 9 heteroatoms. The third kappa shape index (κ3) is 8.94. The number of para-hydroxylation sites is 1. The Morgan fingerprint density at radius 1 is 0.956 bits per heavy atom. The predicted octanol–water partition coefficient (Wildman–Crippen LogP) is 6.05. The lowest BCUT2D eigenvalue weighted by Gasteiger charge is -2.36. The van der Waals surface area contributed by atoms with E-state index < -0.39 is 18.1 Å². The van der Waals surface area contributed by atoms with Gasteiger partial charge in [0.1, 0.15) is 6.04 Å². The fourth-order valence-electron chi connectivity index (χ4n) is 5.60. The molecule has 1 aliphatic heterocycles. The van der Waals surface area contributed by atoms with Gasteiger partial charge in [0, 0.05) is 47.2 Å². The summed E-state index contributed by atoms with van der Waals surface area (Å²) >= 11 is 1.77. The quantitative estimate of drug-likeness (QED) is 0.165. The Morgan fingerprint density at radius 3 is 2.27 bits per heavy atom. The number of alkyl carbamates (subject to hydrolysis) is 1. The van der Waals surface area contributed by atoms with Gasteiger partial charge in [-0.25, -0.2) is 4.79 Å². The molecule has 0 aliphatic carbocycles. The zero-order chi connectivity index (χ0) is 31.4. The lowest BCUT2D eigenvalue weighted by Crippen LogP contribution is -2.52. The molecule has 5 rings (SSSR count). The number of rotatable bonds is 12. The number of hydrogen-bond donors (Lipinski definition) is 3. The summed E-state index contributed by atoms with van der Waals surface area (Å²) in [5.74, 6) is 0.0763. The van der Waals surface area contributed by atoms with Gasteiger partial charge in [0.05, 0.1) is 19.3 Å². The summed E-state index contributed by atoms with van der Waals surface area (Å²) in [6.45, 7) is 2.93. The highest BCUT2D eigenvalue weighted by Gasteiger charge is 2.33. The van der Waals surface area contributed by atoms with Crippen molar-refractivity contribution in [3.8, 4) is 0 Å². The maximum Gasteiger partial charge on any atom is 0.407 e. The second-order valence-electron chi connectivity index (χ2n) is 11.1. The van der Waals surface area contributed by atoms with E-state index in [9.17, 15) is 9.59 Å². The van der Waals surface area contributed by atoms with Crippen LogP contribution in [0.4, 0.5) is 10.5 Å². The molecule has 3 aromatic carbocycles. The minimum atomic E-state index is -0.929. The van der Waals surface area contributed by atoms with E-state index in [0.29, 0.717) is 5.69 Å². The molecule has 0 spiro atoms. The Kier molecular flexibility index (Phi) is 11.6. The van der Waals surface area contributed by atoms with Gasteiger partial charge < -0.3 is 25.4 Å². The maximum atomic E-state index is 14.1. The summed E-state index contributed by atoms with van der Waals surface area (Å²) in [6, 6.07) is 30.6. The molecule has 8 nitrogen and oxygen atoms in total. The molecule has 234 valence electrons. The predicted molar refractivity (Wildman–Crippen MR) is 179 cm³/mol. The van der Waals surface area contributed by atoms with E-state index in [1.807, 2.05) is 109 Å². The van der Waals surface area contributed by atoms with E-state index in [0.717, 1.165) is 41.8 Å². The normalized spacial score (nSPS) is 18.6. The largest absolute Gasteiger partial charge is 0.453 e. The molecule has 45 heavy (non-hydrogen) atoms. The average molecular weight is 625 g/mol. The molecule has 1 aromatic heterocycles. The molecule has 3 N–H and O–H groups in total. The Bertz CT molecular complexity index is 1470. The molecule has 2 heterocycles. The van der Waals surface area contributed by atoms with Gasteiger partial charge >= 0.3 is 6.09 Å². The van der Waals surface area contributed by atoms with Crippen LogP contribution in [0.3, 0.4) is 0 Å². The number of thioether (sulfide) groups is 1. The van der Waals surface area contributed by atoms with Crippen LogP contribution in [-0.4, -0.2) is 60.7 Å². The molecule has 1 unspecified atom stereocenters. The first-order valence-corrected chi connectivity index (χ1v) is 16.2. The van der Waals surface area contributed by atoms with Crippen LogP contribution in [0.1, 0.15) is 36.0 Å². The summed E-state index contributed by atoms with van der Waals surface area (Å²) in [6.07, 6.45) is 4.58. The van der Waals surface area contributed by atoms with Crippen molar-refractivity contribution in [2.45, 2.75) is 54.9 Å². The lowest BCUT2D eigenvalue weighted by molar-refractivity contribution is -0.118. The van der Waals surface area contributed by atoms with E-state index in [2.05, 4.69) is 27.9 Å². The van der Waals surface area contributed by atoms with Crippen molar-refractivity contribution in [3.05, 3.63) is 126 Å². The zero-order valence-corrected chi connectivity index (χ0v) is 26.4. The summed E-state index contributed by atoms with van der Waals surface area (Å²) in [5, 5.41) is 9.55. The standard InChI is InChI=1S/C36H40N4O4S/c1-25-32(24-45-30-19-21-37-22-20-30)44-29(23-38-25)18-17-26-11-9-10-16-31(26)39-35(41)34(40-36(42)43-2)33(27-12-5-3-6-13-27)28-14-7-4-8-15-28/h3-16,19-22,25,29,32-34,38H,17-18,23-24H2,1-2H3,(H,39,41)(H,40,42)/t25-,29-,32-,34?/m1/s1. The van der Waals surface area contributed by atoms with Crippen LogP contribution < -0.4 is 16.0 Å². The Balaban J connectivity index is 1.29. The minimum absolute atomic E-state index is 0.0438. The lowest BCUT2D eigenvalue weighted by atomic mass is 9.84. The monoisotopic (exact) mass is 624 g/mol. The Labute approximate surface area is 269 Å². The molecule has 0 radical (unpaired) electrons. The third-order valence-corrected chi connectivity index (χ3v) is 9.16. The number of hydrogen-bond acceptors (Lipinski definition) is 7. The molecule has 1 fully saturated rings. The van der Waals surface area contributed by atoms with Crippen molar-refractivity contribution < 1.29 is 19.1 Å². The van der Waals surface area contributed by atoms with Crippen molar-refractivity contribution in [2.75, 3.05) is 24.7 Å². The molecule has 4 atom stereocenters. The number of nitrogens with zero attached hydrogens (tertiary/aromatic N) is 1. The van der Waals surface area contributed by atoms with E-state index in [1.54, 1.807) is 11.8 Å². The summed E-state index contributed by atoms with van der Waals surface area (Å²) in [7, 11) is 1.30. The van der Waals surface area contributed by atoms with Crippen LogP contribution in [-0.2, 0) is 20.7 Å². The van der Waals surface area contributed by atoms with Gasteiger partial charge in [-0.2, -0.15) is 0 Å². The number of amides is 2. The molecule has 0 bridgehead atoms. The smallest absolute Gasteiger partial charge is 0.407 e. The van der Waals surface area contributed by atoms with Gasteiger partial charge in [0.25, 0.3) is 0 Å². The number of carbonyl (C=O) groups is 2. The van der Waals surface area contributed by atoms with Crippen molar-refractivity contribution in [2.24, 2.45) is 0 Å². The molecule has 0 saturated carbocycles. The van der Waals surface area contributed by atoms with E-state index in [-0.39, 0.29) is 24.2 Å². The second-order valence-corrected chi connectivity index (χ2v) is 12.2. The summed E-state index contributed by atoms with van der Waals surface area (Å²) in [4.78, 5) is 31.9.